The van der Waals surface area contributed by atoms with Crippen molar-refractivity contribution in [2.45, 2.75) is 20.5 Å². The van der Waals surface area contributed by atoms with Crippen LogP contribution >= 0.6 is 11.3 Å². The van der Waals surface area contributed by atoms with Gasteiger partial charge >= 0.3 is 5.97 Å². The Bertz CT molecular complexity index is 1100. The third-order valence-electron chi connectivity index (χ3n) is 4.44. The minimum absolute atomic E-state index is 0.258. The molecule has 0 atom stereocenters. The molecule has 0 saturated heterocycles. The number of cyclic esters (lactones) is 1. The molecule has 0 unspecified atom stereocenters. The number of carbonyl (C=O) groups is 1. The van der Waals surface area contributed by atoms with E-state index in [0.29, 0.717) is 30.6 Å². The number of nitrogens with zero attached hydrogens (tertiary/aromatic N) is 1. The van der Waals surface area contributed by atoms with Crippen molar-refractivity contribution in [3.05, 3.63) is 87.2 Å². The standard InChI is InChI=1S/C24H21NO4S/c1-3-27-21-14-18(10-11-20(21)28-15-17-8-6-16(2)7-9-17)13-19-24(26)29-23(25-19)22-5-4-12-30-22/h4-14H,3,15H2,1-2H3. The van der Waals surface area contributed by atoms with Gasteiger partial charge in [0.25, 0.3) is 0 Å². The van der Waals surface area contributed by atoms with Gasteiger partial charge in [-0.1, -0.05) is 42.0 Å². The molecule has 0 amide bonds. The summed E-state index contributed by atoms with van der Waals surface area (Å²) in [5, 5.41) is 1.91. The molecule has 0 radical (unpaired) electrons. The average Bonchev–Trinajstić information content (AvgIpc) is 3.39. The summed E-state index contributed by atoms with van der Waals surface area (Å²) in [6.45, 7) is 4.92. The monoisotopic (exact) mass is 419 g/mol. The summed E-state index contributed by atoms with van der Waals surface area (Å²) in [4.78, 5) is 17.3. The second-order valence-corrected chi connectivity index (χ2v) is 7.67. The van der Waals surface area contributed by atoms with E-state index in [1.54, 1.807) is 6.08 Å². The highest BCUT2D eigenvalue weighted by Gasteiger charge is 2.24. The summed E-state index contributed by atoms with van der Waals surface area (Å²) in [5.74, 6) is 1.14. The zero-order valence-electron chi connectivity index (χ0n) is 16.8. The molecule has 4 rings (SSSR count). The van der Waals surface area contributed by atoms with Gasteiger partial charge in [0.05, 0.1) is 11.5 Å². The fraction of sp³-hybridized carbons (Fsp3) is 0.167. The molecule has 0 fully saturated rings. The predicted octanol–water partition coefficient (Wildman–Crippen LogP) is 5.38. The van der Waals surface area contributed by atoms with Gasteiger partial charge in [-0.3, -0.25) is 0 Å². The SMILES string of the molecule is CCOc1cc(C=C2N=C(c3cccs3)OC2=O)ccc1OCc1ccc(C)cc1. The molecule has 0 spiro atoms. The normalized spacial score (nSPS) is 14.5. The first-order chi connectivity index (χ1) is 14.6. The molecule has 2 heterocycles. The Morgan fingerprint density at radius 1 is 1.07 bits per heavy atom. The van der Waals surface area contributed by atoms with Crippen LogP contribution < -0.4 is 9.47 Å². The molecule has 1 aromatic heterocycles. The predicted molar refractivity (Wildman–Crippen MR) is 118 cm³/mol. The summed E-state index contributed by atoms with van der Waals surface area (Å²) in [6, 6.07) is 17.5. The maximum atomic E-state index is 12.2. The van der Waals surface area contributed by atoms with E-state index in [1.165, 1.54) is 16.9 Å². The number of thiophene rings is 1. The van der Waals surface area contributed by atoms with Crippen molar-refractivity contribution in [1.82, 2.24) is 0 Å². The maximum Gasteiger partial charge on any atom is 0.363 e. The number of hydrogen-bond acceptors (Lipinski definition) is 6. The zero-order chi connectivity index (χ0) is 20.9. The molecule has 2 aromatic carbocycles. The molecular weight excluding hydrogens is 398 g/mol. The third-order valence-corrected chi connectivity index (χ3v) is 5.30. The van der Waals surface area contributed by atoms with Crippen LogP contribution in [0.3, 0.4) is 0 Å². The molecule has 0 bridgehead atoms. The number of benzene rings is 2. The van der Waals surface area contributed by atoms with Crippen LogP contribution in [0.5, 0.6) is 11.5 Å². The molecule has 30 heavy (non-hydrogen) atoms. The van der Waals surface area contributed by atoms with E-state index in [-0.39, 0.29) is 5.70 Å². The number of aliphatic imine (C=N–C) groups is 1. The molecule has 0 saturated carbocycles. The van der Waals surface area contributed by atoms with Crippen molar-refractivity contribution in [3.8, 4) is 11.5 Å². The van der Waals surface area contributed by atoms with Crippen LogP contribution in [0.15, 0.2) is 70.7 Å². The fourth-order valence-corrected chi connectivity index (χ4v) is 3.57. The second kappa shape index (κ2) is 8.97. The van der Waals surface area contributed by atoms with E-state index in [1.807, 2.05) is 54.8 Å². The van der Waals surface area contributed by atoms with Gasteiger partial charge in [0, 0.05) is 0 Å². The topological polar surface area (TPSA) is 57.1 Å². The summed E-state index contributed by atoms with van der Waals surface area (Å²) in [5.41, 5.74) is 3.33. The largest absolute Gasteiger partial charge is 0.490 e. The van der Waals surface area contributed by atoms with E-state index in [4.69, 9.17) is 14.2 Å². The second-order valence-electron chi connectivity index (χ2n) is 6.73. The molecule has 0 aliphatic carbocycles. The maximum absolute atomic E-state index is 12.2. The molecular formula is C24H21NO4S. The van der Waals surface area contributed by atoms with Crippen molar-refractivity contribution in [2.24, 2.45) is 4.99 Å². The van der Waals surface area contributed by atoms with Crippen molar-refractivity contribution in [1.29, 1.82) is 0 Å². The van der Waals surface area contributed by atoms with Crippen LogP contribution in [0.4, 0.5) is 0 Å². The lowest BCUT2D eigenvalue weighted by atomic mass is 10.1. The number of ether oxygens (including phenoxy) is 3. The molecule has 5 nitrogen and oxygen atoms in total. The van der Waals surface area contributed by atoms with Gasteiger partial charge in [0.2, 0.25) is 5.90 Å². The van der Waals surface area contributed by atoms with E-state index in [0.717, 1.165) is 16.0 Å². The van der Waals surface area contributed by atoms with Crippen LogP contribution in [0.2, 0.25) is 0 Å². The van der Waals surface area contributed by atoms with Crippen molar-refractivity contribution in [2.75, 3.05) is 6.61 Å². The van der Waals surface area contributed by atoms with Crippen molar-refractivity contribution >= 4 is 29.3 Å². The first kappa shape index (κ1) is 19.9. The van der Waals surface area contributed by atoms with E-state index >= 15 is 0 Å². The Morgan fingerprint density at radius 3 is 2.63 bits per heavy atom. The van der Waals surface area contributed by atoms with Gasteiger partial charge in [-0.2, -0.15) is 0 Å². The molecule has 6 heteroatoms. The van der Waals surface area contributed by atoms with Gasteiger partial charge in [0.15, 0.2) is 17.2 Å². The first-order valence-corrected chi connectivity index (χ1v) is 10.5. The highest BCUT2D eigenvalue weighted by atomic mass is 32.1. The molecule has 152 valence electrons. The molecule has 3 aromatic rings. The van der Waals surface area contributed by atoms with Gasteiger partial charge in [-0.05, 0) is 54.6 Å². The molecule has 0 N–H and O–H groups in total. The number of rotatable bonds is 7. The Morgan fingerprint density at radius 2 is 1.90 bits per heavy atom. The quantitative estimate of drug-likeness (QED) is 0.381. The summed E-state index contributed by atoms with van der Waals surface area (Å²) in [7, 11) is 0. The summed E-state index contributed by atoms with van der Waals surface area (Å²) >= 11 is 1.47. The van der Waals surface area contributed by atoms with Crippen LogP contribution in [-0.4, -0.2) is 18.5 Å². The highest BCUT2D eigenvalue weighted by Crippen LogP contribution is 2.31. The number of esters is 1. The minimum Gasteiger partial charge on any atom is -0.490 e. The fourth-order valence-electron chi connectivity index (χ4n) is 2.92. The Hall–Kier alpha value is -3.38. The minimum atomic E-state index is -0.462. The number of carbonyl (C=O) groups excluding carboxylic acids is 1. The lowest BCUT2D eigenvalue weighted by Gasteiger charge is -2.13. The lowest BCUT2D eigenvalue weighted by Crippen LogP contribution is -2.03. The zero-order valence-corrected chi connectivity index (χ0v) is 17.6. The van der Waals surface area contributed by atoms with Gasteiger partial charge in [-0.25, -0.2) is 9.79 Å². The molecule has 1 aliphatic rings. The number of aryl methyl sites for hydroxylation is 1. The highest BCUT2D eigenvalue weighted by molar-refractivity contribution is 7.12. The van der Waals surface area contributed by atoms with Gasteiger partial charge < -0.3 is 14.2 Å². The third kappa shape index (κ3) is 4.60. The van der Waals surface area contributed by atoms with E-state index in [9.17, 15) is 4.79 Å². The van der Waals surface area contributed by atoms with Gasteiger partial charge in [0.1, 0.15) is 6.61 Å². The smallest absolute Gasteiger partial charge is 0.363 e. The average molecular weight is 420 g/mol. The number of hydrogen-bond donors (Lipinski definition) is 0. The Labute approximate surface area is 179 Å². The van der Waals surface area contributed by atoms with E-state index < -0.39 is 5.97 Å². The van der Waals surface area contributed by atoms with Crippen LogP contribution in [0, 0.1) is 6.92 Å². The van der Waals surface area contributed by atoms with Gasteiger partial charge in [-0.15, -0.1) is 11.3 Å². The Balaban J connectivity index is 1.54. The molecule has 1 aliphatic heterocycles. The lowest BCUT2D eigenvalue weighted by molar-refractivity contribution is -0.129. The Kier molecular flexibility index (Phi) is 5.95. The van der Waals surface area contributed by atoms with Crippen LogP contribution in [-0.2, 0) is 16.1 Å². The van der Waals surface area contributed by atoms with Crippen LogP contribution in [0.25, 0.3) is 6.08 Å². The van der Waals surface area contributed by atoms with E-state index in [2.05, 4.69) is 24.0 Å². The van der Waals surface area contributed by atoms with Crippen LogP contribution in [0.1, 0.15) is 28.5 Å². The van der Waals surface area contributed by atoms with Crippen molar-refractivity contribution in [3.63, 3.8) is 0 Å². The van der Waals surface area contributed by atoms with Crippen molar-refractivity contribution < 1.29 is 19.0 Å². The summed E-state index contributed by atoms with van der Waals surface area (Å²) in [6.07, 6.45) is 1.69. The first-order valence-electron chi connectivity index (χ1n) is 9.64. The summed E-state index contributed by atoms with van der Waals surface area (Å²) < 4.78 is 17.0.